The van der Waals surface area contributed by atoms with Crippen molar-refractivity contribution in [1.29, 1.82) is 0 Å². The van der Waals surface area contributed by atoms with Crippen LogP contribution in [0.5, 0.6) is 0 Å². The number of amides is 1. The van der Waals surface area contributed by atoms with E-state index in [1.54, 1.807) is 0 Å². The number of hydrogen-bond acceptors (Lipinski definition) is 2. The van der Waals surface area contributed by atoms with Gasteiger partial charge in [-0.3, -0.25) is 4.79 Å². The Morgan fingerprint density at radius 1 is 1.27 bits per heavy atom. The van der Waals surface area contributed by atoms with E-state index in [0.717, 1.165) is 10.9 Å². The summed E-state index contributed by atoms with van der Waals surface area (Å²) < 4.78 is 0. The molecule has 0 bridgehead atoms. The average molecular weight is 200 g/mol. The van der Waals surface area contributed by atoms with Gasteiger partial charge in [-0.1, -0.05) is 25.1 Å². The second-order valence-corrected chi connectivity index (χ2v) is 3.29. The van der Waals surface area contributed by atoms with Gasteiger partial charge in [-0.15, -0.1) is 0 Å². The van der Waals surface area contributed by atoms with Gasteiger partial charge in [0.15, 0.2) is 0 Å². The molecule has 1 aromatic heterocycles. The first-order valence-corrected chi connectivity index (χ1v) is 4.95. The van der Waals surface area contributed by atoms with Gasteiger partial charge in [-0.05, 0) is 18.2 Å². The zero-order valence-electron chi connectivity index (χ0n) is 8.53. The van der Waals surface area contributed by atoms with E-state index in [-0.39, 0.29) is 5.91 Å². The number of hydrogen-bond donors (Lipinski definition) is 1. The smallest absolute Gasteiger partial charge is 0.225 e. The van der Waals surface area contributed by atoms with Crippen LogP contribution in [0.1, 0.15) is 13.3 Å². The molecular weight excluding hydrogens is 188 g/mol. The van der Waals surface area contributed by atoms with Crippen LogP contribution in [0.3, 0.4) is 0 Å². The summed E-state index contributed by atoms with van der Waals surface area (Å²) in [5.41, 5.74) is 0.895. The maximum absolute atomic E-state index is 11.2. The standard InChI is InChI=1S/C12H12N2O/c1-2-12(15)14-11-8-7-9-5-3-4-6-10(9)13-11/h3-8H,2H2,1H3,(H,13,14,15). The molecule has 3 nitrogen and oxygen atoms in total. The van der Waals surface area contributed by atoms with Crippen molar-refractivity contribution in [3.05, 3.63) is 36.4 Å². The summed E-state index contributed by atoms with van der Waals surface area (Å²) in [7, 11) is 0. The lowest BCUT2D eigenvalue weighted by Gasteiger charge is -2.03. The molecule has 0 unspecified atom stereocenters. The van der Waals surface area contributed by atoms with Crippen molar-refractivity contribution < 1.29 is 4.79 Å². The largest absolute Gasteiger partial charge is 0.311 e. The molecule has 1 aromatic carbocycles. The molecule has 0 aliphatic rings. The molecule has 2 aromatic rings. The minimum Gasteiger partial charge on any atom is -0.311 e. The second-order valence-electron chi connectivity index (χ2n) is 3.29. The third kappa shape index (κ3) is 2.13. The zero-order chi connectivity index (χ0) is 10.7. The van der Waals surface area contributed by atoms with Crippen LogP contribution in [0.15, 0.2) is 36.4 Å². The summed E-state index contributed by atoms with van der Waals surface area (Å²) in [6.07, 6.45) is 0.467. The Morgan fingerprint density at radius 2 is 2.07 bits per heavy atom. The Morgan fingerprint density at radius 3 is 2.87 bits per heavy atom. The van der Waals surface area contributed by atoms with Crippen LogP contribution >= 0.6 is 0 Å². The maximum Gasteiger partial charge on any atom is 0.225 e. The number of para-hydroxylation sites is 1. The number of nitrogens with one attached hydrogen (secondary N) is 1. The fourth-order valence-electron chi connectivity index (χ4n) is 1.37. The van der Waals surface area contributed by atoms with E-state index in [9.17, 15) is 4.79 Å². The first kappa shape index (κ1) is 9.65. The molecule has 0 fully saturated rings. The average Bonchev–Trinajstić information content (AvgIpc) is 2.29. The van der Waals surface area contributed by atoms with Gasteiger partial charge >= 0.3 is 0 Å². The number of anilines is 1. The van der Waals surface area contributed by atoms with E-state index in [2.05, 4.69) is 10.3 Å². The molecule has 1 amide bonds. The van der Waals surface area contributed by atoms with Crippen molar-refractivity contribution in [2.75, 3.05) is 5.32 Å². The molecule has 0 saturated heterocycles. The minimum absolute atomic E-state index is 0.0159. The number of aromatic nitrogens is 1. The van der Waals surface area contributed by atoms with E-state index >= 15 is 0 Å². The lowest BCUT2D eigenvalue weighted by molar-refractivity contribution is -0.115. The second kappa shape index (κ2) is 4.09. The molecule has 76 valence electrons. The highest BCUT2D eigenvalue weighted by Gasteiger charge is 2.00. The van der Waals surface area contributed by atoms with E-state index in [4.69, 9.17) is 0 Å². The monoisotopic (exact) mass is 200 g/mol. The molecule has 0 aliphatic heterocycles. The third-order valence-electron chi connectivity index (χ3n) is 2.19. The molecule has 0 saturated carbocycles. The number of fused-ring (bicyclic) bond motifs is 1. The quantitative estimate of drug-likeness (QED) is 0.809. The Bertz CT molecular complexity index is 494. The summed E-state index contributed by atoms with van der Waals surface area (Å²) >= 11 is 0. The van der Waals surface area contributed by atoms with Crippen LogP contribution in [-0.2, 0) is 4.79 Å². The lowest BCUT2D eigenvalue weighted by Crippen LogP contribution is -2.10. The van der Waals surface area contributed by atoms with Crippen molar-refractivity contribution in [1.82, 2.24) is 4.98 Å². The van der Waals surface area contributed by atoms with Gasteiger partial charge < -0.3 is 5.32 Å². The first-order valence-electron chi connectivity index (χ1n) is 4.95. The van der Waals surface area contributed by atoms with Crippen LogP contribution in [0.25, 0.3) is 10.9 Å². The van der Waals surface area contributed by atoms with Gasteiger partial charge in [0, 0.05) is 11.8 Å². The van der Waals surface area contributed by atoms with Gasteiger partial charge in [-0.25, -0.2) is 4.98 Å². The number of pyridine rings is 1. The topological polar surface area (TPSA) is 42.0 Å². The molecular formula is C12H12N2O. The van der Waals surface area contributed by atoms with Crippen molar-refractivity contribution in [2.24, 2.45) is 0 Å². The number of benzene rings is 1. The summed E-state index contributed by atoms with van der Waals surface area (Å²) in [4.78, 5) is 15.5. The molecule has 2 rings (SSSR count). The van der Waals surface area contributed by atoms with Gasteiger partial charge in [0.1, 0.15) is 5.82 Å². The Balaban J connectivity index is 2.34. The van der Waals surface area contributed by atoms with E-state index in [1.165, 1.54) is 0 Å². The molecule has 0 radical (unpaired) electrons. The Hall–Kier alpha value is -1.90. The predicted octanol–water partition coefficient (Wildman–Crippen LogP) is 2.58. The van der Waals surface area contributed by atoms with Crippen LogP contribution in [0.2, 0.25) is 0 Å². The first-order chi connectivity index (χ1) is 7.29. The fourth-order valence-corrected chi connectivity index (χ4v) is 1.37. The molecule has 0 spiro atoms. The van der Waals surface area contributed by atoms with Crippen LogP contribution in [-0.4, -0.2) is 10.9 Å². The summed E-state index contributed by atoms with van der Waals surface area (Å²) in [5.74, 6) is 0.596. The SMILES string of the molecule is CCC(=O)Nc1ccc2ccccc2n1. The summed E-state index contributed by atoms with van der Waals surface area (Å²) in [5, 5.41) is 3.81. The molecule has 1 heterocycles. The van der Waals surface area contributed by atoms with E-state index in [1.807, 2.05) is 43.3 Å². The van der Waals surface area contributed by atoms with Gasteiger partial charge in [0.05, 0.1) is 5.52 Å². The van der Waals surface area contributed by atoms with E-state index in [0.29, 0.717) is 12.2 Å². The minimum atomic E-state index is -0.0159. The fraction of sp³-hybridized carbons (Fsp3) is 0.167. The highest BCUT2D eigenvalue weighted by atomic mass is 16.1. The van der Waals surface area contributed by atoms with Crippen molar-refractivity contribution in [3.8, 4) is 0 Å². The Kier molecular flexibility index (Phi) is 2.63. The molecule has 0 atom stereocenters. The predicted molar refractivity (Wildman–Crippen MR) is 60.7 cm³/mol. The number of rotatable bonds is 2. The summed E-state index contributed by atoms with van der Waals surface area (Å²) in [6, 6.07) is 11.6. The highest BCUT2D eigenvalue weighted by Crippen LogP contribution is 2.14. The molecule has 3 heteroatoms. The van der Waals surface area contributed by atoms with Crippen molar-refractivity contribution >= 4 is 22.6 Å². The highest BCUT2D eigenvalue weighted by molar-refractivity contribution is 5.91. The molecule has 1 N–H and O–H groups in total. The number of nitrogens with zero attached hydrogens (tertiary/aromatic N) is 1. The normalized spacial score (nSPS) is 10.2. The van der Waals surface area contributed by atoms with Crippen LogP contribution in [0.4, 0.5) is 5.82 Å². The Labute approximate surface area is 88.1 Å². The lowest BCUT2D eigenvalue weighted by atomic mass is 10.2. The number of carbonyl (C=O) groups is 1. The van der Waals surface area contributed by atoms with Crippen molar-refractivity contribution in [3.63, 3.8) is 0 Å². The van der Waals surface area contributed by atoms with Gasteiger partial charge in [-0.2, -0.15) is 0 Å². The van der Waals surface area contributed by atoms with Gasteiger partial charge in [0.2, 0.25) is 5.91 Å². The van der Waals surface area contributed by atoms with Crippen LogP contribution < -0.4 is 5.32 Å². The zero-order valence-corrected chi connectivity index (χ0v) is 8.53. The van der Waals surface area contributed by atoms with Crippen molar-refractivity contribution in [2.45, 2.75) is 13.3 Å². The molecule has 15 heavy (non-hydrogen) atoms. The number of carbonyl (C=O) groups excluding carboxylic acids is 1. The van der Waals surface area contributed by atoms with E-state index < -0.39 is 0 Å². The third-order valence-corrected chi connectivity index (χ3v) is 2.19. The van der Waals surface area contributed by atoms with Crippen LogP contribution in [0, 0.1) is 0 Å². The van der Waals surface area contributed by atoms with Gasteiger partial charge in [0.25, 0.3) is 0 Å². The maximum atomic E-state index is 11.2. The summed E-state index contributed by atoms with van der Waals surface area (Å²) in [6.45, 7) is 1.82. The molecule has 0 aliphatic carbocycles.